The van der Waals surface area contributed by atoms with Crippen molar-refractivity contribution in [3.05, 3.63) is 69.7 Å². The van der Waals surface area contributed by atoms with Crippen LogP contribution in [-0.4, -0.2) is 30.9 Å². The zero-order valence-corrected chi connectivity index (χ0v) is 17.3. The molecule has 3 atom stereocenters. The van der Waals surface area contributed by atoms with E-state index in [2.05, 4.69) is 30.4 Å². The van der Waals surface area contributed by atoms with E-state index >= 15 is 0 Å². The van der Waals surface area contributed by atoms with E-state index in [0.717, 1.165) is 36.3 Å². The van der Waals surface area contributed by atoms with Crippen LogP contribution in [0.2, 0.25) is 10.0 Å². The lowest BCUT2D eigenvalue weighted by molar-refractivity contribution is 0.0846. The van der Waals surface area contributed by atoms with Gasteiger partial charge in [-0.3, -0.25) is 4.79 Å². The van der Waals surface area contributed by atoms with Crippen molar-refractivity contribution < 1.29 is 4.79 Å². The summed E-state index contributed by atoms with van der Waals surface area (Å²) in [5.74, 6) is 0.189. The van der Waals surface area contributed by atoms with Crippen molar-refractivity contribution in [3.63, 3.8) is 0 Å². The zero-order chi connectivity index (χ0) is 19.4. The monoisotopic (exact) mass is 404 g/mol. The Balaban J connectivity index is 1.86. The van der Waals surface area contributed by atoms with E-state index in [9.17, 15) is 4.79 Å². The molecule has 0 aliphatic heterocycles. The lowest BCUT2D eigenvalue weighted by Crippen LogP contribution is -2.47. The van der Waals surface area contributed by atoms with E-state index in [0.29, 0.717) is 16.5 Å². The molecule has 27 heavy (non-hydrogen) atoms. The molecule has 2 aromatic rings. The number of carbonyl (C=O) groups is 1. The predicted molar refractivity (Wildman–Crippen MR) is 113 cm³/mol. The van der Waals surface area contributed by atoms with Gasteiger partial charge in [-0.25, -0.2) is 0 Å². The topological polar surface area (TPSA) is 32.3 Å². The second-order valence-corrected chi connectivity index (χ2v) is 8.25. The maximum Gasteiger partial charge on any atom is 0.253 e. The molecule has 0 saturated heterocycles. The number of hydrogen-bond acceptors (Lipinski definition) is 2. The zero-order valence-electron chi connectivity index (χ0n) is 15.8. The van der Waals surface area contributed by atoms with Crippen LogP contribution < -0.4 is 5.32 Å². The summed E-state index contributed by atoms with van der Waals surface area (Å²) in [6.45, 7) is 0. The second-order valence-electron chi connectivity index (χ2n) is 7.44. The highest BCUT2D eigenvalue weighted by atomic mass is 35.5. The summed E-state index contributed by atoms with van der Waals surface area (Å²) in [5.41, 5.74) is 1.65. The van der Waals surface area contributed by atoms with Crippen LogP contribution in [0, 0.1) is 5.92 Å². The Bertz CT molecular complexity index is 793. The average Bonchev–Trinajstić information content (AvgIpc) is 2.65. The van der Waals surface area contributed by atoms with Gasteiger partial charge in [0.25, 0.3) is 5.91 Å². The van der Waals surface area contributed by atoms with E-state index in [-0.39, 0.29) is 18.0 Å². The summed E-state index contributed by atoms with van der Waals surface area (Å²) >= 11 is 12.7. The number of amides is 1. The Labute approximate surface area is 171 Å². The summed E-state index contributed by atoms with van der Waals surface area (Å²) < 4.78 is 0. The first-order chi connectivity index (χ1) is 13.0. The molecule has 5 heteroatoms. The highest BCUT2D eigenvalue weighted by molar-refractivity contribution is 6.33. The van der Waals surface area contributed by atoms with Gasteiger partial charge < -0.3 is 10.2 Å². The molecule has 1 fully saturated rings. The van der Waals surface area contributed by atoms with E-state index < -0.39 is 0 Å². The van der Waals surface area contributed by atoms with Crippen molar-refractivity contribution in [2.75, 3.05) is 14.1 Å². The van der Waals surface area contributed by atoms with Crippen molar-refractivity contribution >= 4 is 29.1 Å². The van der Waals surface area contributed by atoms with E-state index in [4.69, 9.17) is 23.2 Å². The minimum atomic E-state index is -0.103. The van der Waals surface area contributed by atoms with Crippen LogP contribution in [0.4, 0.5) is 0 Å². The van der Waals surface area contributed by atoms with Crippen molar-refractivity contribution in [3.8, 4) is 0 Å². The predicted octanol–water partition coefficient (Wildman–Crippen LogP) is 5.58. The Morgan fingerprint density at radius 2 is 1.63 bits per heavy atom. The van der Waals surface area contributed by atoms with Gasteiger partial charge in [0.2, 0.25) is 0 Å². The molecule has 2 aromatic carbocycles. The molecular formula is C22H26Cl2N2O. The van der Waals surface area contributed by atoms with Crippen LogP contribution in [0.1, 0.15) is 47.6 Å². The van der Waals surface area contributed by atoms with Crippen LogP contribution in [0.5, 0.6) is 0 Å². The fourth-order valence-corrected chi connectivity index (χ4v) is 4.68. The number of carbonyl (C=O) groups excluding carboxylic acids is 1. The molecule has 0 radical (unpaired) electrons. The number of rotatable bonds is 5. The van der Waals surface area contributed by atoms with Crippen LogP contribution in [0.15, 0.2) is 48.5 Å². The van der Waals surface area contributed by atoms with Gasteiger partial charge in [-0.05, 0) is 56.6 Å². The minimum absolute atomic E-state index is 0.0891. The maximum atomic E-state index is 12.8. The standard InChI is InChI=1S/C22H26Cl2N2O/c1-26(2)21(15-9-3-6-12-18(15)23)17-11-5-8-14-20(17)25-22(27)16-10-4-7-13-19(16)24/h3-4,6-7,9-10,12-13,17,20-21H,5,8,11,14H2,1-2H3,(H,25,27)/t17-,20+,21?/m0/s1. The molecule has 0 heterocycles. The largest absolute Gasteiger partial charge is 0.349 e. The molecule has 0 bridgehead atoms. The molecule has 144 valence electrons. The van der Waals surface area contributed by atoms with E-state index in [1.54, 1.807) is 12.1 Å². The Hall–Kier alpha value is -1.55. The van der Waals surface area contributed by atoms with Crippen molar-refractivity contribution in [2.24, 2.45) is 5.92 Å². The van der Waals surface area contributed by atoms with Gasteiger partial charge in [0.05, 0.1) is 10.6 Å². The Kier molecular flexibility index (Phi) is 6.80. The number of nitrogens with zero attached hydrogens (tertiary/aromatic N) is 1. The molecule has 0 spiro atoms. The van der Waals surface area contributed by atoms with Crippen molar-refractivity contribution in [1.82, 2.24) is 10.2 Å². The maximum absolute atomic E-state index is 12.8. The number of nitrogens with one attached hydrogen (secondary N) is 1. The van der Waals surface area contributed by atoms with Gasteiger partial charge in [-0.15, -0.1) is 0 Å². The molecule has 1 unspecified atom stereocenters. The molecule has 1 N–H and O–H groups in total. The lowest BCUT2D eigenvalue weighted by Gasteiger charge is -2.41. The molecule has 1 aliphatic rings. The molecule has 3 rings (SSSR count). The fourth-order valence-electron chi connectivity index (χ4n) is 4.21. The highest BCUT2D eigenvalue weighted by Crippen LogP contribution is 2.40. The van der Waals surface area contributed by atoms with Crippen LogP contribution in [-0.2, 0) is 0 Å². The Morgan fingerprint density at radius 3 is 2.30 bits per heavy atom. The minimum Gasteiger partial charge on any atom is -0.349 e. The highest BCUT2D eigenvalue weighted by Gasteiger charge is 2.36. The molecule has 1 aliphatic carbocycles. The van der Waals surface area contributed by atoms with Crippen LogP contribution in [0.3, 0.4) is 0 Å². The first kappa shape index (κ1) is 20.2. The SMILES string of the molecule is CN(C)C(c1ccccc1Cl)[C@H]1CCCC[C@H]1NC(=O)c1ccccc1Cl. The third-order valence-corrected chi connectivity index (χ3v) is 6.11. The van der Waals surface area contributed by atoms with Gasteiger partial charge in [0, 0.05) is 17.1 Å². The number of halogens is 2. The lowest BCUT2D eigenvalue weighted by atomic mass is 9.77. The first-order valence-corrected chi connectivity index (χ1v) is 10.2. The smallest absolute Gasteiger partial charge is 0.253 e. The quantitative estimate of drug-likeness (QED) is 0.704. The Morgan fingerprint density at radius 1 is 1.00 bits per heavy atom. The molecular weight excluding hydrogens is 379 g/mol. The molecule has 1 amide bonds. The normalized spacial score (nSPS) is 21.1. The van der Waals surface area contributed by atoms with Gasteiger partial charge in [-0.2, -0.15) is 0 Å². The average molecular weight is 405 g/mol. The summed E-state index contributed by atoms with van der Waals surface area (Å²) in [5, 5.41) is 4.52. The van der Waals surface area contributed by atoms with Crippen molar-refractivity contribution in [2.45, 2.75) is 37.8 Å². The van der Waals surface area contributed by atoms with Gasteiger partial charge in [0.1, 0.15) is 0 Å². The summed E-state index contributed by atoms with van der Waals surface area (Å²) in [4.78, 5) is 15.1. The van der Waals surface area contributed by atoms with Crippen molar-refractivity contribution in [1.29, 1.82) is 0 Å². The molecule has 1 saturated carbocycles. The van der Waals surface area contributed by atoms with Crippen LogP contribution >= 0.6 is 23.2 Å². The first-order valence-electron chi connectivity index (χ1n) is 9.45. The van der Waals surface area contributed by atoms with Gasteiger partial charge >= 0.3 is 0 Å². The summed E-state index contributed by atoms with van der Waals surface area (Å²) in [7, 11) is 4.16. The summed E-state index contributed by atoms with van der Waals surface area (Å²) in [6, 6.07) is 15.4. The molecule has 3 nitrogen and oxygen atoms in total. The van der Waals surface area contributed by atoms with Gasteiger partial charge in [-0.1, -0.05) is 66.4 Å². The fraction of sp³-hybridized carbons (Fsp3) is 0.409. The van der Waals surface area contributed by atoms with E-state index in [1.807, 2.05) is 30.3 Å². The second kappa shape index (κ2) is 9.09. The summed E-state index contributed by atoms with van der Waals surface area (Å²) in [6.07, 6.45) is 4.31. The number of hydrogen-bond donors (Lipinski definition) is 1. The third kappa shape index (κ3) is 4.66. The van der Waals surface area contributed by atoms with E-state index in [1.165, 1.54) is 0 Å². The van der Waals surface area contributed by atoms with Crippen LogP contribution in [0.25, 0.3) is 0 Å². The third-order valence-electron chi connectivity index (χ3n) is 5.44. The van der Waals surface area contributed by atoms with Gasteiger partial charge in [0.15, 0.2) is 0 Å². The molecule has 0 aromatic heterocycles. The number of benzene rings is 2.